The first kappa shape index (κ1) is 15.3. The van der Waals surface area contributed by atoms with Gasteiger partial charge in [-0.05, 0) is 57.5 Å². The molecule has 1 saturated carbocycles. The third-order valence-electron chi connectivity index (χ3n) is 4.25. The number of benzene rings is 1. The minimum Gasteiger partial charge on any atom is -0.490 e. The molecule has 1 aromatic rings. The number of aliphatic hydroxyl groups excluding tert-OH is 1. The van der Waals surface area contributed by atoms with Gasteiger partial charge in [-0.25, -0.2) is 0 Å². The van der Waals surface area contributed by atoms with E-state index >= 15 is 0 Å². The maximum Gasteiger partial charge on any atom is 0.120 e. The summed E-state index contributed by atoms with van der Waals surface area (Å²) in [6, 6.07) is 7.90. The molecule has 1 aromatic carbocycles. The van der Waals surface area contributed by atoms with Gasteiger partial charge in [0.1, 0.15) is 5.75 Å². The lowest BCUT2D eigenvalue weighted by Gasteiger charge is -2.41. The molecular formula is C17H27NO2. The molecule has 0 radical (unpaired) electrons. The van der Waals surface area contributed by atoms with Crippen LogP contribution < -0.4 is 4.74 Å². The number of likely N-dealkylation sites (N-methyl/N-ethyl adjacent to an activating group) is 1. The average Bonchev–Trinajstić information content (AvgIpc) is 3.23. The number of ether oxygens (including phenoxy) is 1. The predicted molar refractivity (Wildman–Crippen MR) is 82.1 cm³/mol. The zero-order chi connectivity index (χ0) is 14.8. The first-order valence-electron chi connectivity index (χ1n) is 7.68. The van der Waals surface area contributed by atoms with Crippen LogP contribution in [0.25, 0.3) is 0 Å². The van der Waals surface area contributed by atoms with E-state index in [-0.39, 0.29) is 5.54 Å². The lowest BCUT2D eigenvalue weighted by Crippen LogP contribution is -2.48. The normalized spacial score (nSPS) is 17.3. The zero-order valence-electron chi connectivity index (χ0n) is 13.1. The van der Waals surface area contributed by atoms with E-state index in [4.69, 9.17) is 4.74 Å². The number of hydrogen-bond acceptors (Lipinski definition) is 3. The highest BCUT2D eigenvalue weighted by Crippen LogP contribution is 2.33. The molecule has 0 amide bonds. The molecule has 1 fully saturated rings. The molecule has 20 heavy (non-hydrogen) atoms. The zero-order valence-corrected chi connectivity index (χ0v) is 13.1. The first-order chi connectivity index (χ1) is 9.48. The summed E-state index contributed by atoms with van der Waals surface area (Å²) in [7, 11) is 0. The van der Waals surface area contributed by atoms with E-state index in [2.05, 4.69) is 32.6 Å². The quantitative estimate of drug-likeness (QED) is 0.829. The molecule has 3 nitrogen and oxygen atoms in total. The second-order valence-electron chi connectivity index (χ2n) is 6.12. The van der Waals surface area contributed by atoms with Crippen molar-refractivity contribution in [1.82, 2.24) is 4.90 Å². The van der Waals surface area contributed by atoms with Gasteiger partial charge in [-0.1, -0.05) is 26.0 Å². The van der Waals surface area contributed by atoms with Crippen LogP contribution in [0.5, 0.6) is 5.75 Å². The largest absolute Gasteiger partial charge is 0.490 e. The molecule has 0 spiro atoms. The summed E-state index contributed by atoms with van der Waals surface area (Å²) < 4.78 is 5.82. The summed E-state index contributed by atoms with van der Waals surface area (Å²) in [5.41, 5.74) is 0.641. The van der Waals surface area contributed by atoms with Crippen LogP contribution in [0.4, 0.5) is 0 Å². The third kappa shape index (κ3) is 3.33. The molecule has 0 saturated heterocycles. The number of aliphatic hydroxyl groups is 1. The van der Waals surface area contributed by atoms with Crippen LogP contribution in [0, 0.1) is 0 Å². The van der Waals surface area contributed by atoms with Gasteiger partial charge in [0.15, 0.2) is 0 Å². The highest BCUT2D eigenvalue weighted by atomic mass is 16.5. The van der Waals surface area contributed by atoms with Crippen molar-refractivity contribution in [2.45, 2.75) is 58.3 Å². The van der Waals surface area contributed by atoms with Crippen LogP contribution in [0.1, 0.15) is 52.2 Å². The smallest absolute Gasteiger partial charge is 0.120 e. The van der Waals surface area contributed by atoms with Gasteiger partial charge < -0.3 is 9.84 Å². The lowest BCUT2D eigenvalue weighted by molar-refractivity contribution is -0.00638. The Labute approximate surface area is 122 Å². The predicted octanol–water partition coefficient (Wildman–Crippen LogP) is 3.38. The Morgan fingerprint density at radius 3 is 2.50 bits per heavy atom. The molecule has 112 valence electrons. The maximum absolute atomic E-state index is 10.8. The highest BCUT2D eigenvalue weighted by molar-refractivity contribution is 5.31. The van der Waals surface area contributed by atoms with E-state index in [0.29, 0.717) is 6.10 Å². The van der Waals surface area contributed by atoms with E-state index in [9.17, 15) is 5.11 Å². The summed E-state index contributed by atoms with van der Waals surface area (Å²) in [5.74, 6) is 0.874. The standard InChI is InChI=1S/C17H27NO2/c1-5-18(6-2)17(3,4)16(19)13-8-7-9-15(12-13)20-14-10-11-14/h7-9,12,14,16,19H,5-6,10-11H2,1-4H3. The second kappa shape index (κ2) is 6.15. The van der Waals surface area contributed by atoms with Crippen LogP contribution in [-0.4, -0.2) is 34.7 Å². The van der Waals surface area contributed by atoms with Gasteiger partial charge in [0.05, 0.1) is 12.2 Å². The molecule has 1 unspecified atom stereocenters. The van der Waals surface area contributed by atoms with Crippen LogP contribution in [0.2, 0.25) is 0 Å². The maximum atomic E-state index is 10.8. The molecule has 0 aliphatic heterocycles. The number of hydrogen-bond donors (Lipinski definition) is 1. The summed E-state index contributed by atoms with van der Waals surface area (Å²) in [4.78, 5) is 2.28. The molecule has 1 N–H and O–H groups in total. The van der Waals surface area contributed by atoms with E-state index in [1.165, 1.54) is 0 Å². The van der Waals surface area contributed by atoms with Crippen molar-refractivity contribution >= 4 is 0 Å². The van der Waals surface area contributed by atoms with Crippen LogP contribution >= 0.6 is 0 Å². The van der Waals surface area contributed by atoms with Crippen LogP contribution in [-0.2, 0) is 0 Å². The van der Waals surface area contributed by atoms with Gasteiger partial charge in [-0.15, -0.1) is 0 Å². The molecule has 3 heteroatoms. The van der Waals surface area contributed by atoms with Gasteiger partial charge in [-0.2, -0.15) is 0 Å². The summed E-state index contributed by atoms with van der Waals surface area (Å²) in [6.07, 6.45) is 2.17. The average molecular weight is 277 g/mol. The molecule has 2 rings (SSSR count). The van der Waals surface area contributed by atoms with E-state index in [1.54, 1.807) is 0 Å². The van der Waals surface area contributed by atoms with Crippen LogP contribution in [0.15, 0.2) is 24.3 Å². The Morgan fingerprint density at radius 2 is 1.95 bits per heavy atom. The van der Waals surface area contributed by atoms with Gasteiger partial charge in [-0.3, -0.25) is 4.90 Å². The van der Waals surface area contributed by atoms with Crippen molar-refractivity contribution in [2.75, 3.05) is 13.1 Å². The van der Waals surface area contributed by atoms with Gasteiger partial charge in [0.2, 0.25) is 0 Å². The van der Waals surface area contributed by atoms with Crippen LogP contribution in [0.3, 0.4) is 0 Å². The first-order valence-corrected chi connectivity index (χ1v) is 7.68. The van der Waals surface area contributed by atoms with Crippen molar-refractivity contribution in [1.29, 1.82) is 0 Å². The van der Waals surface area contributed by atoms with Crippen molar-refractivity contribution in [3.8, 4) is 5.75 Å². The Balaban J connectivity index is 2.16. The minimum absolute atomic E-state index is 0.290. The number of rotatable bonds is 7. The molecular weight excluding hydrogens is 250 g/mol. The van der Waals surface area contributed by atoms with Crippen molar-refractivity contribution in [3.05, 3.63) is 29.8 Å². The van der Waals surface area contributed by atoms with E-state index < -0.39 is 6.10 Å². The fourth-order valence-electron chi connectivity index (χ4n) is 2.76. The Morgan fingerprint density at radius 1 is 1.30 bits per heavy atom. The third-order valence-corrected chi connectivity index (χ3v) is 4.25. The fraction of sp³-hybridized carbons (Fsp3) is 0.647. The molecule has 0 bridgehead atoms. The second-order valence-corrected chi connectivity index (χ2v) is 6.12. The Kier molecular flexibility index (Phi) is 4.71. The summed E-state index contributed by atoms with van der Waals surface area (Å²) in [6.45, 7) is 10.3. The molecule has 1 atom stereocenters. The van der Waals surface area contributed by atoms with E-state index in [0.717, 1.165) is 37.2 Å². The van der Waals surface area contributed by atoms with Crippen molar-refractivity contribution in [3.63, 3.8) is 0 Å². The highest BCUT2D eigenvalue weighted by Gasteiger charge is 2.34. The topological polar surface area (TPSA) is 32.7 Å². The Hall–Kier alpha value is -1.06. The fourth-order valence-corrected chi connectivity index (χ4v) is 2.76. The monoisotopic (exact) mass is 277 g/mol. The van der Waals surface area contributed by atoms with E-state index in [1.807, 2.05) is 24.3 Å². The summed E-state index contributed by atoms with van der Waals surface area (Å²) >= 11 is 0. The van der Waals surface area contributed by atoms with Gasteiger partial charge in [0.25, 0.3) is 0 Å². The number of nitrogens with zero attached hydrogens (tertiary/aromatic N) is 1. The van der Waals surface area contributed by atoms with Gasteiger partial charge in [0, 0.05) is 5.54 Å². The molecule has 0 aromatic heterocycles. The Bertz CT molecular complexity index is 436. The van der Waals surface area contributed by atoms with Crippen molar-refractivity contribution in [2.24, 2.45) is 0 Å². The van der Waals surface area contributed by atoms with Gasteiger partial charge >= 0.3 is 0 Å². The summed E-state index contributed by atoms with van der Waals surface area (Å²) in [5, 5.41) is 10.8. The SMILES string of the molecule is CCN(CC)C(C)(C)C(O)c1cccc(OC2CC2)c1. The minimum atomic E-state index is -0.523. The molecule has 1 aliphatic carbocycles. The molecule has 0 heterocycles. The molecule has 1 aliphatic rings. The van der Waals surface area contributed by atoms with Crippen molar-refractivity contribution < 1.29 is 9.84 Å². The lowest BCUT2D eigenvalue weighted by atomic mass is 9.89.